The van der Waals surface area contributed by atoms with E-state index in [1.165, 1.54) is 16.7 Å². The predicted octanol–water partition coefficient (Wildman–Crippen LogP) is 5.96. The molecular formula is C18H21ClO. The Balaban J connectivity index is 2.72. The molecule has 0 aliphatic carbocycles. The lowest BCUT2D eigenvalue weighted by Crippen LogP contribution is -1.99. The highest BCUT2D eigenvalue weighted by Crippen LogP contribution is 2.38. The zero-order valence-corrected chi connectivity index (χ0v) is 13.2. The number of rotatable bonds is 3. The molecule has 0 saturated carbocycles. The van der Waals surface area contributed by atoms with Gasteiger partial charge in [0.2, 0.25) is 0 Å². The van der Waals surface area contributed by atoms with E-state index in [9.17, 15) is 5.11 Å². The molecule has 0 radical (unpaired) electrons. The largest absolute Gasteiger partial charge is 0.506 e. The maximum atomic E-state index is 9.62. The molecule has 0 fully saturated rings. The molecular weight excluding hydrogens is 268 g/mol. The minimum absolute atomic E-state index is 0.128. The highest BCUT2D eigenvalue weighted by atomic mass is 35.5. The fourth-order valence-corrected chi connectivity index (χ4v) is 2.73. The molecule has 0 spiro atoms. The third-order valence-corrected chi connectivity index (χ3v) is 3.91. The maximum absolute atomic E-state index is 9.62. The summed E-state index contributed by atoms with van der Waals surface area (Å²) >= 11 is 6.08. The fourth-order valence-electron chi connectivity index (χ4n) is 2.55. The summed E-state index contributed by atoms with van der Waals surface area (Å²) in [7, 11) is 0. The molecule has 0 bridgehead atoms. The van der Waals surface area contributed by atoms with Gasteiger partial charge in [-0.25, -0.2) is 0 Å². The molecule has 2 heteroatoms. The first-order chi connectivity index (χ1) is 9.41. The Morgan fingerprint density at radius 3 is 1.90 bits per heavy atom. The van der Waals surface area contributed by atoms with Crippen LogP contribution in [-0.4, -0.2) is 5.11 Å². The average Bonchev–Trinajstić information content (AvgIpc) is 2.41. The van der Waals surface area contributed by atoms with Crippen molar-refractivity contribution >= 4 is 11.6 Å². The van der Waals surface area contributed by atoms with E-state index in [-0.39, 0.29) is 5.75 Å². The molecule has 2 aromatic carbocycles. The Labute approximate surface area is 126 Å². The molecule has 2 rings (SSSR count). The molecule has 0 aliphatic rings. The van der Waals surface area contributed by atoms with Gasteiger partial charge in [0.15, 0.2) is 0 Å². The minimum atomic E-state index is 0.128. The predicted molar refractivity (Wildman–Crippen MR) is 86.7 cm³/mol. The first kappa shape index (κ1) is 14.9. The van der Waals surface area contributed by atoms with Crippen molar-refractivity contribution in [1.29, 1.82) is 0 Å². The van der Waals surface area contributed by atoms with Crippen molar-refractivity contribution < 1.29 is 5.11 Å². The van der Waals surface area contributed by atoms with Crippen LogP contribution < -0.4 is 0 Å². The normalized spacial score (nSPS) is 11.3. The van der Waals surface area contributed by atoms with Gasteiger partial charge in [-0.1, -0.05) is 63.6 Å². The topological polar surface area (TPSA) is 20.2 Å². The van der Waals surface area contributed by atoms with Crippen LogP contribution >= 0.6 is 11.6 Å². The molecule has 2 aromatic rings. The second kappa shape index (κ2) is 5.88. The van der Waals surface area contributed by atoms with Gasteiger partial charge in [-0.2, -0.15) is 0 Å². The van der Waals surface area contributed by atoms with Gasteiger partial charge in [-0.15, -0.1) is 0 Å². The van der Waals surface area contributed by atoms with E-state index in [1.54, 1.807) is 6.07 Å². The third kappa shape index (κ3) is 2.83. The van der Waals surface area contributed by atoms with Crippen molar-refractivity contribution in [2.45, 2.75) is 39.5 Å². The Hall–Kier alpha value is -1.47. The second-order valence-electron chi connectivity index (χ2n) is 5.79. The molecule has 0 heterocycles. The number of hydrogen-bond acceptors (Lipinski definition) is 1. The van der Waals surface area contributed by atoms with Gasteiger partial charge < -0.3 is 5.11 Å². The van der Waals surface area contributed by atoms with E-state index >= 15 is 0 Å². The Morgan fingerprint density at radius 1 is 0.900 bits per heavy atom. The zero-order chi connectivity index (χ0) is 14.9. The van der Waals surface area contributed by atoms with Crippen LogP contribution in [0.25, 0.3) is 11.1 Å². The molecule has 106 valence electrons. The Bertz CT molecular complexity index is 589. The highest BCUT2D eigenvalue weighted by molar-refractivity contribution is 6.32. The minimum Gasteiger partial charge on any atom is -0.506 e. The lowest BCUT2D eigenvalue weighted by Gasteiger charge is -2.20. The molecule has 0 aromatic heterocycles. The van der Waals surface area contributed by atoms with Gasteiger partial charge >= 0.3 is 0 Å². The Morgan fingerprint density at radius 2 is 1.45 bits per heavy atom. The van der Waals surface area contributed by atoms with E-state index in [0.29, 0.717) is 16.9 Å². The monoisotopic (exact) mass is 288 g/mol. The second-order valence-corrected chi connectivity index (χ2v) is 6.19. The quantitative estimate of drug-likeness (QED) is 0.739. The number of phenolic OH excluding ortho intramolecular Hbond substituents is 1. The first-order valence-electron chi connectivity index (χ1n) is 7.03. The highest BCUT2D eigenvalue weighted by Gasteiger charge is 2.16. The van der Waals surface area contributed by atoms with E-state index < -0.39 is 0 Å². The summed E-state index contributed by atoms with van der Waals surface area (Å²) in [6, 6.07) is 11.9. The van der Waals surface area contributed by atoms with Crippen LogP contribution in [0, 0.1) is 0 Å². The number of hydrogen-bond donors (Lipinski definition) is 1. The summed E-state index contributed by atoms with van der Waals surface area (Å²) in [5, 5.41) is 10.0. The van der Waals surface area contributed by atoms with Gasteiger partial charge in [-0.3, -0.25) is 0 Å². The summed E-state index contributed by atoms with van der Waals surface area (Å²) in [6.07, 6.45) is 0. The summed E-state index contributed by atoms with van der Waals surface area (Å²) in [5.74, 6) is 1.01. The van der Waals surface area contributed by atoms with Crippen molar-refractivity contribution in [1.82, 2.24) is 0 Å². The van der Waals surface area contributed by atoms with Gasteiger partial charge in [0.05, 0.1) is 5.02 Å². The van der Waals surface area contributed by atoms with Crippen LogP contribution in [0.3, 0.4) is 0 Å². The summed E-state index contributed by atoms with van der Waals surface area (Å²) < 4.78 is 0. The summed E-state index contributed by atoms with van der Waals surface area (Å²) in [5.41, 5.74) is 4.95. The molecule has 20 heavy (non-hydrogen) atoms. The molecule has 1 nitrogen and oxygen atoms in total. The average molecular weight is 289 g/mol. The molecule has 1 N–H and O–H groups in total. The van der Waals surface area contributed by atoms with Gasteiger partial charge in [0.25, 0.3) is 0 Å². The van der Waals surface area contributed by atoms with E-state index in [4.69, 9.17) is 11.6 Å². The summed E-state index contributed by atoms with van der Waals surface area (Å²) in [6.45, 7) is 8.80. The third-order valence-electron chi connectivity index (χ3n) is 3.61. The van der Waals surface area contributed by atoms with Crippen molar-refractivity contribution in [2.24, 2.45) is 0 Å². The van der Waals surface area contributed by atoms with Crippen LogP contribution in [0.15, 0.2) is 36.4 Å². The number of phenols is 1. The fraction of sp³-hybridized carbons (Fsp3) is 0.333. The van der Waals surface area contributed by atoms with Crippen LogP contribution in [0.4, 0.5) is 0 Å². The van der Waals surface area contributed by atoms with E-state index in [2.05, 4.69) is 45.9 Å². The Kier molecular flexibility index (Phi) is 4.39. The molecule has 0 saturated heterocycles. The van der Waals surface area contributed by atoms with Crippen LogP contribution in [-0.2, 0) is 0 Å². The van der Waals surface area contributed by atoms with Crippen LogP contribution in [0.5, 0.6) is 5.75 Å². The van der Waals surface area contributed by atoms with E-state index in [1.807, 2.05) is 12.1 Å². The number of aromatic hydroxyl groups is 1. The zero-order valence-electron chi connectivity index (χ0n) is 12.4. The van der Waals surface area contributed by atoms with Gasteiger partial charge in [-0.05, 0) is 46.2 Å². The molecule has 0 amide bonds. The molecule has 0 atom stereocenters. The SMILES string of the molecule is CC(C)c1cccc(C(C)C)c1-c1ccc(O)c(Cl)c1. The van der Waals surface area contributed by atoms with Crippen LogP contribution in [0.1, 0.15) is 50.7 Å². The lowest BCUT2D eigenvalue weighted by atomic mass is 9.85. The van der Waals surface area contributed by atoms with Crippen molar-refractivity contribution in [3.63, 3.8) is 0 Å². The standard InChI is InChI=1S/C18H21ClO/c1-11(2)14-6-5-7-15(12(3)4)18(14)13-8-9-17(20)16(19)10-13/h5-12,20H,1-4H3. The smallest absolute Gasteiger partial charge is 0.134 e. The van der Waals surface area contributed by atoms with Crippen molar-refractivity contribution in [3.8, 4) is 16.9 Å². The van der Waals surface area contributed by atoms with Crippen molar-refractivity contribution in [3.05, 3.63) is 52.5 Å². The maximum Gasteiger partial charge on any atom is 0.134 e. The van der Waals surface area contributed by atoms with Gasteiger partial charge in [0.1, 0.15) is 5.75 Å². The number of benzene rings is 2. The number of halogens is 1. The van der Waals surface area contributed by atoms with Crippen molar-refractivity contribution in [2.75, 3.05) is 0 Å². The first-order valence-corrected chi connectivity index (χ1v) is 7.41. The van der Waals surface area contributed by atoms with Gasteiger partial charge in [0, 0.05) is 0 Å². The molecule has 0 aliphatic heterocycles. The van der Waals surface area contributed by atoms with E-state index in [0.717, 1.165) is 5.56 Å². The van der Waals surface area contributed by atoms with Crippen LogP contribution in [0.2, 0.25) is 5.02 Å². The lowest BCUT2D eigenvalue weighted by molar-refractivity contribution is 0.475. The molecule has 0 unspecified atom stereocenters. The summed E-state index contributed by atoms with van der Waals surface area (Å²) in [4.78, 5) is 0.